The number of carbonyl (C=O) groups excluding carboxylic acids is 1. The van der Waals surface area contributed by atoms with E-state index >= 15 is 0 Å². The molecule has 0 unspecified atom stereocenters. The van der Waals surface area contributed by atoms with Crippen LogP contribution < -0.4 is 11.1 Å². The third kappa shape index (κ3) is 3.88. The Bertz CT molecular complexity index is 544. The van der Waals surface area contributed by atoms with Gasteiger partial charge >= 0.3 is 0 Å². The van der Waals surface area contributed by atoms with E-state index in [0.717, 1.165) is 29.2 Å². The lowest BCUT2D eigenvalue weighted by atomic mass is 10.1. The van der Waals surface area contributed by atoms with Gasteiger partial charge in [-0.2, -0.15) is 0 Å². The molecule has 19 heavy (non-hydrogen) atoms. The van der Waals surface area contributed by atoms with Crippen molar-refractivity contribution in [3.05, 3.63) is 53.5 Å². The largest absolute Gasteiger partial charge is 0.464 e. The summed E-state index contributed by atoms with van der Waals surface area (Å²) in [5, 5.41) is 3.27. The number of anilines is 1. The van der Waals surface area contributed by atoms with Crippen molar-refractivity contribution in [2.45, 2.75) is 26.3 Å². The van der Waals surface area contributed by atoms with Crippen LogP contribution in [0.1, 0.15) is 24.0 Å². The summed E-state index contributed by atoms with van der Waals surface area (Å²) in [5.41, 5.74) is 7.05. The van der Waals surface area contributed by atoms with Crippen molar-refractivity contribution >= 4 is 11.6 Å². The zero-order valence-electron chi connectivity index (χ0n) is 11.0. The lowest BCUT2D eigenvalue weighted by Crippen LogP contribution is -2.13. The van der Waals surface area contributed by atoms with Gasteiger partial charge in [0.1, 0.15) is 11.5 Å². The molecule has 1 amide bonds. The van der Waals surface area contributed by atoms with Crippen LogP contribution in [0.5, 0.6) is 0 Å². The molecule has 4 heteroatoms. The van der Waals surface area contributed by atoms with Crippen molar-refractivity contribution in [3.8, 4) is 0 Å². The van der Waals surface area contributed by atoms with Crippen molar-refractivity contribution in [2.75, 3.05) is 5.32 Å². The Balaban J connectivity index is 1.90. The van der Waals surface area contributed by atoms with Gasteiger partial charge in [-0.3, -0.25) is 4.79 Å². The van der Waals surface area contributed by atoms with Gasteiger partial charge in [-0.05, 0) is 29.8 Å². The number of rotatable bonds is 6. The second kappa shape index (κ2) is 6.09. The van der Waals surface area contributed by atoms with Crippen LogP contribution in [0.2, 0.25) is 0 Å². The van der Waals surface area contributed by atoms with E-state index in [1.807, 2.05) is 36.4 Å². The summed E-state index contributed by atoms with van der Waals surface area (Å²) in [6.45, 7) is 2.71. The second-order valence-corrected chi connectivity index (χ2v) is 4.42. The second-order valence-electron chi connectivity index (χ2n) is 4.42. The minimum Gasteiger partial charge on any atom is -0.464 e. The highest BCUT2D eigenvalue weighted by atomic mass is 16.3. The molecule has 0 saturated heterocycles. The van der Waals surface area contributed by atoms with E-state index in [0.29, 0.717) is 6.54 Å². The molecule has 0 saturated carbocycles. The van der Waals surface area contributed by atoms with Crippen molar-refractivity contribution in [3.63, 3.8) is 0 Å². The first kappa shape index (κ1) is 13.2. The maximum Gasteiger partial charge on any atom is 0.221 e. The van der Waals surface area contributed by atoms with Crippen LogP contribution in [0, 0.1) is 0 Å². The predicted molar refractivity (Wildman–Crippen MR) is 74.8 cm³/mol. The SMILES string of the molecule is CCc1ccc(CNc2ccc(CC(N)=O)cc2)o1. The molecule has 4 nitrogen and oxygen atoms in total. The Hall–Kier alpha value is -2.23. The highest BCUT2D eigenvalue weighted by Gasteiger charge is 2.01. The fraction of sp³-hybridized carbons (Fsp3) is 0.267. The normalized spacial score (nSPS) is 10.4. The smallest absolute Gasteiger partial charge is 0.221 e. The first-order chi connectivity index (χ1) is 9.17. The van der Waals surface area contributed by atoms with Gasteiger partial charge in [0.15, 0.2) is 0 Å². The molecule has 1 aromatic heterocycles. The summed E-state index contributed by atoms with van der Waals surface area (Å²) < 4.78 is 5.61. The summed E-state index contributed by atoms with van der Waals surface area (Å²) >= 11 is 0. The molecular weight excluding hydrogens is 240 g/mol. The average Bonchev–Trinajstić information content (AvgIpc) is 2.85. The number of aryl methyl sites for hydroxylation is 1. The highest BCUT2D eigenvalue weighted by molar-refractivity contribution is 5.76. The molecule has 100 valence electrons. The zero-order chi connectivity index (χ0) is 13.7. The summed E-state index contributed by atoms with van der Waals surface area (Å²) in [5.74, 6) is 1.59. The zero-order valence-corrected chi connectivity index (χ0v) is 11.0. The van der Waals surface area contributed by atoms with Crippen LogP contribution in [0.25, 0.3) is 0 Å². The van der Waals surface area contributed by atoms with Gasteiger partial charge in [0.2, 0.25) is 5.91 Å². The third-order valence-electron chi connectivity index (χ3n) is 2.86. The third-order valence-corrected chi connectivity index (χ3v) is 2.86. The van der Waals surface area contributed by atoms with Crippen molar-refractivity contribution in [1.29, 1.82) is 0 Å². The topological polar surface area (TPSA) is 68.3 Å². The van der Waals surface area contributed by atoms with Crippen LogP contribution >= 0.6 is 0 Å². The van der Waals surface area contributed by atoms with E-state index in [4.69, 9.17) is 10.2 Å². The van der Waals surface area contributed by atoms with Gasteiger partial charge < -0.3 is 15.5 Å². The molecule has 0 radical (unpaired) electrons. The highest BCUT2D eigenvalue weighted by Crippen LogP contribution is 2.13. The number of primary amides is 1. The fourth-order valence-electron chi connectivity index (χ4n) is 1.84. The number of benzene rings is 1. The lowest BCUT2D eigenvalue weighted by molar-refractivity contribution is -0.117. The molecule has 0 aliphatic rings. The number of hydrogen-bond acceptors (Lipinski definition) is 3. The number of amides is 1. The summed E-state index contributed by atoms with van der Waals surface area (Å²) in [6, 6.07) is 11.6. The predicted octanol–water partition coefficient (Wildman–Crippen LogP) is 2.48. The van der Waals surface area contributed by atoms with Crippen LogP contribution in [0.3, 0.4) is 0 Å². The number of furan rings is 1. The quantitative estimate of drug-likeness (QED) is 0.836. The number of nitrogens with two attached hydrogens (primary N) is 1. The first-order valence-electron chi connectivity index (χ1n) is 6.36. The number of nitrogens with one attached hydrogen (secondary N) is 1. The van der Waals surface area contributed by atoms with Crippen LogP contribution in [-0.2, 0) is 24.2 Å². The minimum atomic E-state index is -0.316. The van der Waals surface area contributed by atoms with Crippen LogP contribution in [-0.4, -0.2) is 5.91 Å². The molecule has 0 atom stereocenters. The molecule has 0 aliphatic carbocycles. The Kier molecular flexibility index (Phi) is 4.23. The van der Waals surface area contributed by atoms with Gasteiger partial charge in [-0.25, -0.2) is 0 Å². The molecule has 0 aliphatic heterocycles. The van der Waals surface area contributed by atoms with E-state index in [9.17, 15) is 4.79 Å². The fourth-order valence-corrected chi connectivity index (χ4v) is 1.84. The maximum atomic E-state index is 10.8. The number of hydrogen-bond donors (Lipinski definition) is 2. The Morgan fingerprint density at radius 3 is 2.42 bits per heavy atom. The molecule has 3 N–H and O–H groups in total. The molecule has 2 rings (SSSR count). The van der Waals surface area contributed by atoms with Gasteiger partial charge in [0.25, 0.3) is 0 Å². The summed E-state index contributed by atoms with van der Waals surface area (Å²) in [7, 11) is 0. The Morgan fingerprint density at radius 2 is 1.84 bits per heavy atom. The maximum absolute atomic E-state index is 10.8. The molecule has 1 heterocycles. The van der Waals surface area contributed by atoms with E-state index in [1.54, 1.807) is 0 Å². The van der Waals surface area contributed by atoms with Gasteiger partial charge in [-0.1, -0.05) is 19.1 Å². The summed E-state index contributed by atoms with van der Waals surface area (Å²) in [6.07, 6.45) is 1.18. The van der Waals surface area contributed by atoms with Gasteiger partial charge in [0, 0.05) is 12.1 Å². The minimum absolute atomic E-state index is 0.276. The lowest BCUT2D eigenvalue weighted by Gasteiger charge is -2.05. The van der Waals surface area contributed by atoms with Crippen molar-refractivity contribution in [2.24, 2.45) is 5.73 Å². The first-order valence-corrected chi connectivity index (χ1v) is 6.36. The van der Waals surface area contributed by atoms with E-state index in [2.05, 4.69) is 12.2 Å². The monoisotopic (exact) mass is 258 g/mol. The number of carbonyl (C=O) groups is 1. The van der Waals surface area contributed by atoms with E-state index in [1.165, 1.54) is 0 Å². The van der Waals surface area contributed by atoms with Crippen molar-refractivity contribution < 1.29 is 9.21 Å². The van der Waals surface area contributed by atoms with E-state index in [-0.39, 0.29) is 12.3 Å². The van der Waals surface area contributed by atoms with Gasteiger partial charge in [-0.15, -0.1) is 0 Å². The molecule has 0 bridgehead atoms. The van der Waals surface area contributed by atoms with Crippen LogP contribution in [0.4, 0.5) is 5.69 Å². The Morgan fingerprint density at radius 1 is 1.16 bits per heavy atom. The van der Waals surface area contributed by atoms with Crippen LogP contribution in [0.15, 0.2) is 40.8 Å². The average molecular weight is 258 g/mol. The molecule has 0 spiro atoms. The van der Waals surface area contributed by atoms with Crippen molar-refractivity contribution in [1.82, 2.24) is 0 Å². The molecule has 2 aromatic rings. The molecule has 0 fully saturated rings. The molecular formula is C15H18N2O2. The molecule has 1 aromatic carbocycles. The Labute approximate surface area is 112 Å². The van der Waals surface area contributed by atoms with E-state index < -0.39 is 0 Å². The standard InChI is InChI=1S/C15H18N2O2/c1-2-13-7-8-14(19-13)10-17-12-5-3-11(4-6-12)9-15(16)18/h3-8,17H,2,9-10H2,1H3,(H2,16,18). The summed E-state index contributed by atoms with van der Waals surface area (Å²) in [4.78, 5) is 10.8. The van der Waals surface area contributed by atoms with Gasteiger partial charge in [0.05, 0.1) is 13.0 Å².